The predicted octanol–water partition coefficient (Wildman–Crippen LogP) is 3.35. The van der Waals surface area contributed by atoms with Crippen molar-refractivity contribution in [2.45, 2.75) is 37.8 Å². The Morgan fingerprint density at radius 3 is 2.55 bits per heavy atom. The highest BCUT2D eigenvalue weighted by molar-refractivity contribution is 5.95. The Morgan fingerprint density at radius 1 is 1.12 bits per heavy atom. The molecule has 2 N–H and O–H groups in total. The van der Waals surface area contributed by atoms with Crippen molar-refractivity contribution in [1.29, 1.82) is 0 Å². The van der Waals surface area contributed by atoms with Gasteiger partial charge in [-0.25, -0.2) is 13.8 Å². The molecule has 33 heavy (non-hydrogen) atoms. The molecule has 0 unspecified atom stereocenters. The molecule has 1 aliphatic rings. The number of carbonyl (C=O) groups is 2. The molecule has 0 atom stereocenters. The third-order valence-electron chi connectivity index (χ3n) is 4.83. The van der Waals surface area contributed by atoms with E-state index in [4.69, 9.17) is 4.74 Å². The molecule has 2 aromatic rings. The molecule has 7 nitrogen and oxygen atoms in total. The van der Waals surface area contributed by atoms with Gasteiger partial charge in [0.15, 0.2) is 11.6 Å². The third-order valence-corrected chi connectivity index (χ3v) is 4.83. The summed E-state index contributed by atoms with van der Waals surface area (Å²) in [6.07, 6.45) is -5.82. The van der Waals surface area contributed by atoms with Gasteiger partial charge in [0.25, 0.3) is 5.91 Å². The van der Waals surface area contributed by atoms with Gasteiger partial charge in [-0.1, -0.05) is 6.58 Å². The van der Waals surface area contributed by atoms with Crippen molar-refractivity contribution < 1.29 is 41.0 Å². The van der Waals surface area contributed by atoms with Crippen LogP contribution in [0.15, 0.2) is 36.5 Å². The van der Waals surface area contributed by atoms with Gasteiger partial charge in [0.2, 0.25) is 5.91 Å². The minimum Gasteiger partial charge on any atom is -0.368 e. The van der Waals surface area contributed by atoms with E-state index in [1.54, 1.807) is 0 Å². The van der Waals surface area contributed by atoms with Gasteiger partial charge in [0, 0.05) is 36.9 Å². The lowest BCUT2D eigenvalue weighted by Crippen LogP contribution is -2.42. The van der Waals surface area contributed by atoms with Crippen molar-refractivity contribution in [3.8, 4) is 0 Å². The molecule has 0 saturated heterocycles. The number of carbonyl (C=O) groups excluding carboxylic acids is 2. The summed E-state index contributed by atoms with van der Waals surface area (Å²) in [5.41, 5.74) is 0.363. The summed E-state index contributed by atoms with van der Waals surface area (Å²) in [7, 11) is 0. The molecule has 3 rings (SSSR count). The van der Waals surface area contributed by atoms with Gasteiger partial charge in [-0.2, -0.15) is 0 Å². The molecule has 12 heteroatoms. The summed E-state index contributed by atoms with van der Waals surface area (Å²) < 4.78 is 72.2. The molecule has 1 aromatic carbocycles. The molecule has 0 radical (unpaired) electrons. The second-order valence-corrected chi connectivity index (χ2v) is 7.37. The Balaban J connectivity index is 1.35. The fraction of sp³-hybridized carbons (Fsp3) is 0.381. The highest BCUT2D eigenvalue weighted by Gasteiger charge is 2.40. The van der Waals surface area contributed by atoms with E-state index in [-0.39, 0.29) is 54.7 Å². The Bertz CT molecular complexity index is 1050. The van der Waals surface area contributed by atoms with Crippen molar-refractivity contribution in [1.82, 2.24) is 15.6 Å². The summed E-state index contributed by atoms with van der Waals surface area (Å²) >= 11 is 0. The zero-order chi connectivity index (χ0) is 24.2. The van der Waals surface area contributed by atoms with Crippen molar-refractivity contribution in [3.63, 3.8) is 0 Å². The number of amides is 2. The molecular formula is C21H20F5N3O4. The highest BCUT2D eigenvalue weighted by atomic mass is 19.4. The molecule has 0 aliphatic heterocycles. The molecule has 1 saturated carbocycles. The number of pyridine rings is 1. The molecular weight excluding hydrogens is 453 g/mol. The quantitative estimate of drug-likeness (QED) is 0.546. The van der Waals surface area contributed by atoms with Crippen LogP contribution < -0.4 is 10.6 Å². The van der Waals surface area contributed by atoms with E-state index in [9.17, 15) is 31.5 Å². The first kappa shape index (κ1) is 24.5. The van der Waals surface area contributed by atoms with E-state index in [1.165, 1.54) is 18.2 Å². The summed E-state index contributed by atoms with van der Waals surface area (Å²) in [6.45, 7) is 3.49. The maximum absolute atomic E-state index is 13.7. The number of hydrogen-bond acceptors (Lipinski definition) is 5. The van der Waals surface area contributed by atoms with Crippen LogP contribution in [0.4, 0.5) is 22.0 Å². The van der Waals surface area contributed by atoms with Crippen LogP contribution >= 0.6 is 0 Å². The Kier molecular flexibility index (Phi) is 7.59. The molecule has 1 aliphatic carbocycles. The average molecular weight is 473 g/mol. The maximum Gasteiger partial charge on any atom is 0.522 e. The lowest BCUT2D eigenvalue weighted by Gasteiger charge is -2.34. The average Bonchev–Trinajstić information content (AvgIpc) is 2.71. The molecule has 1 heterocycles. The van der Waals surface area contributed by atoms with Gasteiger partial charge in [-0.3, -0.25) is 14.3 Å². The zero-order valence-corrected chi connectivity index (χ0v) is 17.2. The van der Waals surface area contributed by atoms with Crippen LogP contribution in [0.2, 0.25) is 0 Å². The number of benzene rings is 1. The number of fused-ring (bicyclic) bond motifs is 1. The van der Waals surface area contributed by atoms with Crippen LogP contribution in [0.3, 0.4) is 0 Å². The Labute approximate surface area is 184 Å². The van der Waals surface area contributed by atoms with E-state index >= 15 is 0 Å². The van der Waals surface area contributed by atoms with Crippen molar-refractivity contribution in [2.75, 3.05) is 13.2 Å². The lowest BCUT2D eigenvalue weighted by atomic mass is 9.92. The van der Waals surface area contributed by atoms with Crippen LogP contribution in [0, 0.1) is 11.6 Å². The van der Waals surface area contributed by atoms with Gasteiger partial charge in [0.05, 0.1) is 17.7 Å². The van der Waals surface area contributed by atoms with Gasteiger partial charge in [-0.15, -0.1) is 13.2 Å². The van der Waals surface area contributed by atoms with Crippen LogP contribution in [-0.2, 0) is 14.3 Å². The predicted molar refractivity (Wildman–Crippen MR) is 106 cm³/mol. The summed E-state index contributed by atoms with van der Waals surface area (Å²) in [4.78, 5) is 28.1. The molecule has 1 fully saturated rings. The number of rotatable bonds is 9. The SMILES string of the molecule is C=C(CCNC(=O)COC1CC(OC(F)(F)F)C1)NC(=O)c1ccc2c(F)c(F)ccc2n1. The Hall–Kier alpha value is -3.12. The van der Waals surface area contributed by atoms with Gasteiger partial charge >= 0.3 is 6.36 Å². The fourth-order valence-electron chi connectivity index (χ4n) is 3.09. The van der Waals surface area contributed by atoms with E-state index in [0.717, 1.165) is 6.07 Å². The van der Waals surface area contributed by atoms with Crippen LogP contribution in [0.25, 0.3) is 10.9 Å². The van der Waals surface area contributed by atoms with Crippen molar-refractivity contribution in [2.24, 2.45) is 0 Å². The minimum absolute atomic E-state index is 0.0274. The third kappa shape index (κ3) is 6.93. The van der Waals surface area contributed by atoms with E-state index in [1.807, 2.05) is 0 Å². The van der Waals surface area contributed by atoms with Crippen molar-refractivity contribution in [3.05, 3.63) is 53.9 Å². The van der Waals surface area contributed by atoms with Gasteiger partial charge < -0.3 is 15.4 Å². The number of alkyl halides is 3. The molecule has 0 spiro atoms. The largest absolute Gasteiger partial charge is 0.522 e. The first-order valence-electron chi connectivity index (χ1n) is 9.88. The Morgan fingerprint density at radius 2 is 1.85 bits per heavy atom. The number of aromatic nitrogens is 1. The lowest BCUT2D eigenvalue weighted by molar-refractivity contribution is -0.357. The van der Waals surface area contributed by atoms with Crippen LogP contribution in [0.1, 0.15) is 29.8 Å². The maximum atomic E-state index is 13.7. The summed E-state index contributed by atoms with van der Waals surface area (Å²) in [6, 6.07) is 4.66. The number of hydrogen-bond donors (Lipinski definition) is 2. The topological polar surface area (TPSA) is 89.5 Å². The number of halogens is 5. The second-order valence-electron chi connectivity index (χ2n) is 7.37. The molecule has 178 valence electrons. The van der Waals surface area contributed by atoms with Crippen molar-refractivity contribution >= 4 is 22.7 Å². The molecule has 1 aromatic heterocycles. The summed E-state index contributed by atoms with van der Waals surface area (Å²) in [5, 5.41) is 4.98. The van der Waals surface area contributed by atoms with Crippen LogP contribution in [-0.4, -0.2) is 48.5 Å². The highest BCUT2D eigenvalue weighted by Crippen LogP contribution is 2.32. The smallest absolute Gasteiger partial charge is 0.368 e. The van der Waals surface area contributed by atoms with E-state index in [0.29, 0.717) is 0 Å². The van der Waals surface area contributed by atoms with E-state index < -0.39 is 42.0 Å². The monoisotopic (exact) mass is 473 g/mol. The molecule has 2 amide bonds. The fourth-order valence-corrected chi connectivity index (χ4v) is 3.09. The first-order chi connectivity index (χ1) is 15.5. The summed E-state index contributed by atoms with van der Waals surface area (Å²) in [5.74, 6) is -3.15. The normalized spacial score (nSPS) is 18.0. The number of ether oxygens (including phenoxy) is 2. The van der Waals surface area contributed by atoms with Gasteiger partial charge in [0.1, 0.15) is 12.3 Å². The van der Waals surface area contributed by atoms with E-state index in [2.05, 4.69) is 26.9 Å². The minimum atomic E-state index is -4.69. The van der Waals surface area contributed by atoms with Gasteiger partial charge in [-0.05, 0) is 24.3 Å². The van der Waals surface area contributed by atoms with Crippen LogP contribution in [0.5, 0.6) is 0 Å². The first-order valence-corrected chi connectivity index (χ1v) is 9.88. The zero-order valence-electron chi connectivity index (χ0n) is 17.2. The molecule has 0 bridgehead atoms. The standard InChI is InChI=1S/C21H20F5N3O4/c1-11(6-7-27-18(30)10-32-12-8-13(9-12)33-21(24,25)26)28-20(31)17-4-2-14-16(29-17)5-3-15(22)19(14)23/h2-5,12-13H,1,6-10H2,(H,27,30)(H,28,31). The number of nitrogens with one attached hydrogen (secondary N) is 2. The second kappa shape index (κ2) is 10.2. The number of nitrogens with zero attached hydrogens (tertiary/aromatic N) is 1.